The van der Waals surface area contributed by atoms with E-state index in [1.807, 2.05) is 6.07 Å². The van der Waals surface area contributed by atoms with Crippen molar-refractivity contribution in [2.24, 2.45) is 0 Å². The van der Waals surface area contributed by atoms with E-state index in [1.165, 1.54) is 17.7 Å². The zero-order chi connectivity index (χ0) is 21.9. The fourth-order valence-corrected chi connectivity index (χ4v) is 4.67. The molecule has 2 aromatic carbocycles. The van der Waals surface area contributed by atoms with Crippen LogP contribution in [0.5, 0.6) is 0 Å². The Morgan fingerprint density at radius 3 is 2.13 bits per heavy atom. The van der Waals surface area contributed by atoms with Crippen molar-refractivity contribution in [1.82, 2.24) is 19.8 Å². The molecule has 8 heteroatoms. The van der Waals surface area contributed by atoms with E-state index in [0.29, 0.717) is 6.54 Å². The number of nitrogens with zero attached hydrogens (tertiary/aromatic N) is 2. The van der Waals surface area contributed by atoms with E-state index in [4.69, 9.17) is 0 Å². The molecule has 1 fully saturated rings. The number of nitrogens with one attached hydrogen (secondary N) is 2. The molecule has 0 bridgehead atoms. The van der Waals surface area contributed by atoms with Crippen LogP contribution >= 0.6 is 0 Å². The first-order valence-corrected chi connectivity index (χ1v) is 12.3. The van der Waals surface area contributed by atoms with Gasteiger partial charge in [-0.3, -0.25) is 9.69 Å². The zero-order valence-corrected chi connectivity index (χ0v) is 18.7. The minimum atomic E-state index is -3.56. The molecular formula is C23H32N4O3S. The van der Waals surface area contributed by atoms with Gasteiger partial charge >= 0.3 is 0 Å². The Morgan fingerprint density at radius 2 is 1.45 bits per heavy atom. The number of sulfonamides is 1. The van der Waals surface area contributed by atoms with Gasteiger partial charge in [-0.1, -0.05) is 48.5 Å². The summed E-state index contributed by atoms with van der Waals surface area (Å²) in [6, 6.07) is 18.7. The van der Waals surface area contributed by atoms with E-state index < -0.39 is 10.0 Å². The molecule has 2 aromatic rings. The summed E-state index contributed by atoms with van der Waals surface area (Å²) in [6.45, 7) is 6.86. The average molecular weight is 445 g/mol. The predicted octanol–water partition coefficient (Wildman–Crippen LogP) is 1.68. The van der Waals surface area contributed by atoms with Crippen LogP contribution in [0.2, 0.25) is 0 Å². The van der Waals surface area contributed by atoms with E-state index in [0.717, 1.165) is 45.7 Å². The molecule has 1 amide bonds. The summed E-state index contributed by atoms with van der Waals surface area (Å²) in [5.74, 6) is -0.136. The Labute approximate surface area is 185 Å². The van der Waals surface area contributed by atoms with Crippen molar-refractivity contribution in [3.8, 4) is 0 Å². The SMILES string of the molecule is O=C(CCNS(=O)(=O)c1ccccc1)NCCCN1CCN(Cc2ccccc2)CC1. The normalized spacial score (nSPS) is 15.6. The summed E-state index contributed by atoms with van der Waals surface area (Å²) >= 11 is 0. The second-order valence-electron chi connectivity index (χ2n) is 7.77. The largest absolute Gasteiger partial charge is 0.356 e. The second-order valence-corrected chi connectivity index (χ2v) is 9.53. The highest BCUT2D eigenvalue weighted by molar-refractivity contribution is 7.89. The van der Waals surface area contributed by atoms with Gasteiger partial charge in [0.2, 0.25) is 15.9 Å². The summed E-state index contributed by atoms with van der Waals surface area (Å²) in [5, 5.41) is 2.88. The Balaban J connectivity index is 1.24. The van der Waals surface area contributed by atoms with Crippen molar-refractivity contribution >= 4 is 15.9 Å². The van der Waals surface area contributed by atoms with Crippen LogP contribution in [-0.2, 0) is 21.4 Å². The molecule has 0 radical (unpaired) electrons. The summed E-state index contributed by atoms with van der Waals surface area (Å²) in [7, 11) is -3.56. The quantitative estimate of drug-likeness (QED) is 0.516. The molecule has 0 unspecified atom stereocenters. The fraction of sp³-hybridized carbons (Fsp3) is 0.435. The first kappa shape index (κ1) is 23.4. The van der Waals surface area contributed by atoms with Crippen LogP contribution in [0.25, 0.3) is 0 Å². The molecule has 0 saturated carbocycles. The van der Waals surface area contributed by atoms with Crippen molar-refractivity contribution in [2.45, 2.75) is 24.3 Å². The molecule has 2 N–H and O–H groups in total. The van der Waals surface area contributed by atoms with Crippen LogP contribution in [0.4, 0.5) is 0 Å². The Bertz CT molecular complexity index is 899. The van der Waals surface area contributed by atoms with E-state index in [9.17, 15) is 13.2 Å². The molecule has 1 aliphatic rings. The maximum atomic E-state index is 12.1. The molecule has 31 heavy (non-hydrogen) atoms. The minimum absolute atomic E-state index is 0.0897. The highest BCUT2D eigenvalue weighted by Crippen LogP contribution is 2.09. The summed E-state index contributed by atoms with van der Waals surface area (Å²) in [6.07, 6.45) is 1.02. The predicted molar refractivity (Wildman–Crippen MR) is 122 cm³/mol. The van der Waals surface area contributed by atoms with Gasteiger partial charge in [-0.15, -0.1) is 0 Å². The van der Waals surface area contributed by atoms with Gasteiger partial charge < -0.3 is 10.2 Å². The molecule has 0 atom stereocenters. The first-order chi connectivity index (χ1) is 15.0. The lowest BCUT2D eigenvalue weighted by atomic mass is 10.2. The summed E-state index contributed by atoms with van der Waals surface area (Å²) < 4.78 is 26.7. The zero-order valence-electron chi connectivity index (χ0n) is 17.9. The second kappa shape index (κ2) is 12.0. The van der Waals surface area contributed by atoms with Gasteiger partial charge in [-0.2, -0.15) is 0 Å². The molecule has 7 nitrogen and oxygen atoms in total. The molecule has 168 valence electrons. The van der Waals surface area contributed by atoms with Gasteiger partial charge in [0.25, 0.3) is 0 Å². The Morgan fingerprint density at radius 1 is 0.839 bits per heavy atom. The average Bonchev–Trinajstić information content (AvgIpc) is 2.79. The smallest absolute Gasteiger partial charge is 0.240 e. The number of hydrogen-bond acceptors (Lipinski definition) is 5. The molecule has 1 aliphatic heterocycles. The van der Waals surface area contributed by atoms with Crippen molar-refractivity contribution in [3.63, 3.8) is 0 Å². The number of piperazine rings is 1. The van der Waals surface area contributed by atoms with Crippen LogP contribution < -0.4 is 10.0 Å². The fourth-order valence-electron chi connectivity index (χ4n) is 3.61. The van der Waals surface area contributed by atoms with Gasteiger partial charge in [0, 0.05) is 52.2 Å². The van der Waals surface area contributed by atoms with Crippen LogP contribution in [0.15, 0.2) is 65.6 Å². The third-order valence-corrected chi connectivity index (χ3v) is 6.86. The molecule has 0 aliphatic carbocycles. The van der Waals surface area contributed by atoms with Crippen molar-refractivity contribution in [2.75, 3.05) is 45.8 Å². The lowest BCUT2D eigenvalue weighted by Gasteiger charge is -2.34. The number of carbonyl (C=O) groups excluding carboxylic acids is 1. The van der Waals surface area contributed by atoms with E-state index in [1.54, 1.807) is 18.2 Å². The van der Waals surface area contributed by atoms with Crippen molar-refractivity contribution < 1.29 is 13.2 Å². The lowest BCUT2D eigenvalue weighted by molar-refractivity contribution is -0.120. The number of benzene rings is 2. The van der Waals surface area contributed by atoms with Crippen LogP contribution in [-0.4, -0.2) is 69.9 Å². The number of rotatable bonds is 11. The van der Waals surface area contributed by atoms with Crippen molar-refractivity contribution in [3.05, 3.63) is 66.2 Å². The highest BCUT2D eigenvalue weighted by atomic mass is 32.2. The number of amides is 1. The van der Waals surface area contributed by atoms with Crippen LogP contribution in [0, 0.1) is 0 Å². The third kappa shape index (κ3) is 8.06. The van der Waals surface area contributed by atoms with E-state index in [2.05, 4.69) is 44.1 Å². The van der Waals surface area contributed by atoms with Crippen molar-refractivity contribution in [1.29, 1.82) is 0 Å². The molecule has 1 saturated heterocycles. The summed E-state index contributed by atoms with van der Waals surface area (Å²) in [5.41, 5.74) is 1.35. The van der Waals surface area contributed by atoms with E-state index in [-0.39, 0.29) is 23.8 Å². The number of carbonyl (C=O) groups is 1. The highest BCUT2D eigenvalue weighted by Gasteiger charge is 2.17. The monoisotopic (exact) mass is 444 g/mol. The molecule has 0 aromatic heterocycles. The molecule has 3 rings (SSSR count). The molecular weight excluding hydrogens is 412 g/mol. The van der Waals surface area contributed by atoms with Gasteiger partial charge in [0.05, 0.1) is 4.90 Å². The summed E-state index contributed by atoms with van der Waals surface area (Å²) in [4.78, 5) is 17.1. The Hall–Kier alpha value is -2.26. The van der Waals surface area contributed by atoms with Gasteiger partial charge in [0.15, 0.2) is 0 Å². The topological polar surface area (TPSA) is 81.7 Å². The van der Waals surface area contributed by atoms with Crippen LogP contribution in [0.3, 0.4) is 0 Å². The minimum Gasteiger partial charge on any atom is -0.356 e. The van der Waals surface area contributed by atoms with Gasteiger partial charge in [0.1, 0.15) is 0 Å². The maximum Gasteiger partial charge on any atom is 0.240 e. The standard InChI is InChI=1S/C23H32N4O3S/c28-23(12-14-25-31(29,30)22-10-5-2-6-11-22)24-13-7-15-26-16-18-27(19-17-26)20-21-8-3-1-4-9-21/h1-6,8-11,25H,7,12-20H2,(H,24,28). The molecule has 0 spiro atoms. The van der Waals surface area contributed by atoms with Crippen LogP contribution in [0.1, 0.15) is 18.4 Å². The first-order valence-electron chi connectivity index (χ1n) is 10.8. The van der Waals surface area contributed by atoms with Gasteiger partial charge in [-0.05, 0) is 30.7 Å². The van der Waals surface area contributed by atoms with E-state index >= 15 is 0 Å². The molecule has 1 heterocycles. The third-order valence-electron chi connectivity index (χ3n) is 5.38. The number of hydrogen-bond donors (Lipinski definition) is 2. The lowest BCUT2D eigenvalue weighted by Crippen LogP contribution is -2.46. The Kier molecular flexibility index (Phi) is 9.02. The maximum absolute atomic E-state index is 12.1. The van der Waals surface area contributed by atoms with Gasteiger partial charge in [-0.25, -0.2) is 13.1 Å².